The summed E-state index contributed by atoms with van der Waals surface area (Å²) in [6.07, 6.45) is 1.74. The molecule has 0 aliphatic carbocycles. The second kappa shape index (κ2) is 8.17. The molecule has 0 atom stereocenters. The Bertz CT molecular complexity index is 761. The molecule has 0 bridgehead atoms. The lowest BCUT2D eigenvalue weighted by Gasteiger charge is -2.32. The number of nitrogens with one attached hydrogen (secondary N) is 1. The van der Waals surface area contributed by atoms with Crippen molar-refractivity contribution in [3.05, 3.63) is 57.0 Å². The molecule has 0 amide bonds. The molecule has 1 saturated heterocycles. The van der Waals surface area contributed by atoms with Crippen molar-refractivity contribution in [2.75, 3.05) is 33.2 Å². The average molecular weight is 359 g/mol. The number of benzene rings is 1. The van der Waals surface area contributed by atoms with Gasteiger partial charge >= 0.3 is 0 Å². The van der Waals surface area contributed by atoms with E-state index in [1.165, 1.54) is 16.7 Å². The lowest BCUT2D eigenvalue weighted by molar-refractivity contribution is 0.147. The van der Waals surface area contributed by atoms with Gasteiger partial charge in [0.25, 0.3) is 5.56 Å². The molecular formula is C19H26N4OS. The van der Waals surface area contributed by atoms with Crippen LogP contribution in [0.25, 0.3) is 0 Å². The number of aromatic amines is 1. The minimum atomic E-state index is -0.0168. The van der Waals surface area contributed by atoms with Gasteiger partial charge in [-0.15, -0.1) is 0 Å². The average Bonchev–Trinajstić information content (AvgIpc) is 2.56. The number of nitrogens with zero attached hydrogens (tertiary/aromatic N) is 3. The lowest BCUT2D eigenvalue weighted by Crippen LogP contribution is -2.44. The predicted molar refractivity (Wildman–Crippen MR) is 103 cm³/mol. The van der Waals surface area contributed by atoms with Gasteiger partial charge in [0.1, 0.15) is 0 Å². The van der Waals surface area contributed by atoms with E-state index in [9.17, 15) is 4.79 Å². The molecule has 1 aromatic heterocycles. The highest BCUT2D eigenvalue weighted by atomic mass is 32.2. The fourth-order valence-corrected chi connectivity index (χ4v) is 3.90. The van der Waals surface area contributed by atoms with Crippen molar-refractivity contribution in [2.24, 2.45) is 0 Å². The zero-order valence-electron chi connectivity index (χ0n) is 15.2. The van der Waals surface area contributed by atoms with Crippen molar-refractivity contribution >= 4 is 11.8 Å². The van der Waals surface area contributed by atoms with Crippen LogP contribution in [0.15, 0.2) is 34.3 Å². The monoisotopic (exact) mass is 358 g/mol. The molecule has 0 spiro atoms. The van der Waals surface area contributed by atoms with Gasteiger partial charge in [-0.1, -0.05) is 41.1 Å². The maximum absolute atomic E-state index is 12.4. The van der Waals surface area contributed by atoms with Gasteiger partial charge in [0.05, 0.1) is 0 Å². The van der Waals surface area contributed by atoms with Crippen molar-refractivity contribution in [1.82, 2.24) is 19.8 Å². The molecule has 1 fully saturated rings. The van der Waals surface area contributed by atoms with Crippen molar-refractivity contribution in [3.63, 3.8) is 0 Å². The summed E-state index contributed by atoms with van der Waals surface area (Å²) in [6, 6.07) is 6.53. The van der Waals surface area contributed by atoms with Crippen LogP contribution in [0.1, 0.15) is 22.3 Å². The molecule has 25 heavy (non-hydrogen) atoms. The highest BCUT2D eigenvalue weighted by molar-refractivity contribution is 7.98. The third-order valence-electron chi connectivity index (χ3n) is 4.50. The largest absolute Gasteiger partial charge is 0.304 e. The van der Waals surface area contributed by atoms with Crippen molar-refractivity contribution in [1.29, 1.82) is 0 Å². The Morgan fingerprint density at radius 1 is 1.12 bits per heavy atom. The van der Waals surface area contributed by atoms with Gasteiger partial charge in [0.15, 0.2) is 5.16 Å². The Morgan fingerprint density at radius 3 is 2.44 bits per heavy atom. The summed E-state index contributed by atoms with van der Waals surface area (Å²) < 4.78 is 0. The second-order valence-electron chi connectivity index (χ2n) is 6.91. The van der Waals surface area contributed by atoms with Gasteiger partial charge in [-0.25, -0.2) is 4.98 Å². The third-order valence-corrected chi connectivity index (χ3v) is 5.46. The first kappa shape index (κ1) is 18.2. The number of rotatable bonds is 5. The van der Waals surface area contributed by atoms with E-state index in [1.807, 2.05) is 0 Å². The van der Waals surface area contributed by atoms with Crippen LogP contribution in [0.3, 0.4) is 0 Å². The third kappa shape index (κ3) is 5.17. The SMILES string of the molecule is Cc1cc(C)cc(CSc2ncc(CN3CCN(C)CC3)c(=O)[nH]2)c1. The van der Waals surface area contributed by atoms with E-state index in [1.54, 1.807) is 18.0 Å². The molecule has 5 nitrogen and oxygen atoms in total. The molecule has 0 radical (unpaired) electrons. The highest BCUT2D eigenvalue weighted by Crippen LogP contribution is 2.20. The second-order valence-corrected chi connectivity index (χ2v) is 7.87. The van der Waals surface area contributed by atoms with Gasteiger partial charge in [0.2, 0.25) is 0 Å². The predicted octanol–water partition coefficient (Wildman–Crippen LogP) is 2.43. The number of piperazine rings is 1. The van der Waals surface area contributed by atoms with E-state index in [0.29, 0.717) is 11.7 Å². The van der Waals surface area contributed by atoms with Crippen LogP contribution in [-0.2, 0) is 12.3 Å². The van der Waals surface area contributed by atoms with Crippen molar-refractivity contribution in [2.45, 2.75) is 31.3 Å². The van der Waals surface area contributed by atoms with Crippen LogP contribution in [0.4, 0.5) is 0 Å². The molecule has 134 valence electrons. The summed E-state index contributed by atoms with van der Waals surface area (Å²) in [5, 5.41) is 0.686. The number of aromatic nitrogens is 2. The van der Waals surface area contributed by atoms with Gasteiger partial charge < -0.3 is 9.88 Å². The fraction of sp³-hybridized carbons (Fsp3) is 0.474. The smallest absolute Gasteiger partial charge is 0.256 e. The first-order chi connectivity index (χ1) is 12.0. The van der Waals surface area contributed by atoms with Crippen LogP contribution in [-0.4, -0.2) is 53.0 Å². The Balaban J connectivity index is 1.60. The van der Waals surface area contributed by atoms with Gasteiger partial charge in [-0.2, -0.15) is 0 Å². The Morgan fingerprint density at radius 2 is 1.80 bits per heavy atom. The van der Waals surface area contributed by atoms with Gasteiger partial charge in [-0.3, -0.25) is 9.69 Å². The molecule has 0 saturated carbocycles. The molecule has 0 unspecified atom stereocenters. The molecule has 1 aliphatic rings. The van der Waals surface area contributed by atoms with Crippen LogP contribution >= 0.6 is 11.8 Å². The van der Waals surface area contributed by atoms with E-state index in [0.717, 1.165) is 37.5 Å². The van der Waals surface area contributed by atoms with Crippen molar-refractivity contribution < 1.29 is 0 Å². The summed E-state index contributed by atoms with van der Waals surface area (Å²) in [7, 11) is 2.13. The minimum absolute atomic E-state index is 0.0168. The number of H-pyrrole nitrogens is 1. The van der Waals surface area contributed by atoms with Gasteiger partial charge in [0, 0.05) is 50.2 Å². The highest BCUT2D eigenvalue weighted by Gasteiger charge is 2.15. The lowest BCUT2D eigenvalue weighted by atomic mass is 10.1. The van der Waals surface area contributed by atoms with Crippen LogP contribution in [0.5, 0.6) is 0 Å². The van der Waals surface area contributed by atoms with Gasteiger partial charge in [-0.05, 0) is 26.5 Å². The van der Waals surface area contributed by atoms with Crippen molar-refractivity contribution in [3.8, 4) is 0 Å². The quantitative estimate of drug-likeness (QED) is 0.657. The Labute approximate surface area is 153 Å². The Kier molecular flexibility index (Phi) is 5.93. The maximum Gasteiger partial charge on any atom is 0.256 e. The van der Waals surface area contributed by atoms with Crippen LogP contribution < -0.4 is 5.56 Å². The van der Waals surface area contributed by atoms with E-state index in [4.69, 9.17) is 0 Å². The summed E-state index contributed by atoms with van der Waals surface area (Å²) >= 11 is 1.57. The normalized spacial score (nSPS) is 16.3. The molecule has 1 aromatic carbocycles. The summed E-state index contributed by atoms with van der Waals surface area (Å²) in [5.41, 5.74) is 4.52. The van der Waals surface area contributed by atoms with E-state index in [-0.39, 0.29) is 5.56 Å². The molecule has 2 heterocycles. The molecule has 3 rings (SSSR count). The van der Waals surface area contributed by atoms with Crippen LogP contribution in [0, 0.1) is 13.8 Å². The van der Waals surface area contributed by atoms with E-state index < -0.39 is 0 Å². The number of hydrogen-bond donors (Lipinski definition) is 1. The molecular weight excluding hydrogens is 332 g/mol. The zero-order chi connectivity index (χ0) is 17.8. The van der Waals surface area contributed by atoms with Crippen LogP contribution in [0.2, 0.25) is 0 Å². The molecule has 1 aliphatic heterocycles. The number of likely N-dealkylation sites (N-methyl/N-ethyl adjacent to an activating group) is 1. The summed E-state index contributed by atoms with van der Waals surface area (Å²) in [4.78, 5) is 24.4. The zero-order valence-corrected chi connectivity index (χ0v) is 16.0. The Hall–Kier alpha value is -1.63. The fourth-order valence-electron chi connectivity index (χ4n) is 3.14. The first-order valence-electron chi connectivity index (χ1n) is 8.68. The number of hydrogen-bond acceptors (Lipinski definition) is 5. The summed E-state index contributed by atoms with van der Waals surface area (Å²) in [5.74, 6) is 0.809. The standard InChI is InChI=1S/C19H26N4OS/c1-14-8-15(2)10-16(9-14)13-25-19-20-11-17(18(24)21-19)12-23-6-4-22(3)5-7-23/h8-11H,4-7,12-13H2,1-3H3,(H,20,21,24). The molecule has 1 N–H and O–H groups in total. The first-order valence-corrected chi connectivity index (χ1v) is 9.67. The maximum atomic E-state index is 12.4. The minimum Gasteiger partial charge on any atom is -0.304 e. The van der Waals surface area contributed by atoms with E-state index in [2.05, 4.69) is 58.9 Å². The molecule has 2 aromatic rings. The number of aryl methyl sites for hydroxylation is 2. The topological polar surface area (TPSA) is 52.2 Å². The molecule has 6 heteroatoms. The number of thioether (sulfide) groups is 1. The summed E-state index contributed by atoms with van der Waals surface area (Å²) in [6.45, 7) is 8.99. The van der Waals surface area contributed by atoms with E-state index >= 15 is 0 Å².